The molecule has 0 fully saturated rings. The highest BCUT2D eigenvalue weighted by Crippen LogP contribution is 2.53. The van der Waals surface area contributed by atoms with Gasteiger partial charge in [-0.15, -0.1) is 22.7 Å². The zero-order valence-corrected chi connectivity index (χ0v) is 61.0. The van der Waals surface area contributed by atoms with Gasteiger partial charge in [-0.2, -0.15) is 0 Å². The first-order valence-electron chi connectivity index (χ1n) is 37.7. The monoisotopic (exact) mass is 1460 g/mol. The molecule has 0 radical (unpaired) electrons. The average Bonchev–Trinajstić information content (AvgIpc) is 1.61. The van der Waals surface area contributed by atoms with Gasteiger partial charge in [0.25, 0.3) is 0 Å². The van der Waals surface area contributed by atoms with Crippen LogP contribution in [0.1, 0.15) is 0 Å². The zero-order valence-electron chi connectivity index (χ0n) is 59.4. The van der Waals surface area contributed by atoms with Gasteiger partial charge in [-0.1, -0.05) is 224 Å². The molecule has 0 unspecified atom stereocenters. The Balaban J connectivity index is 0.715. The lowest BCUT2D eigenvalue weighted by molar-refractivity contribution is 0.669. The predicted octanol–water partition coefficient (Wildman–Crippen LogP) is 27.5. The number of para-hydroxylation sites is 7. The van der Waals surface area contributed by atoms with E-state index in [0.29, 0.717) is 11.8 Å². The molecule has 16 aromatic carbocycles. The van der Waals surface area contributed by atoms with E-state index in [1.807, 2.05) is 34.9 Å². The summed E-state index contributed by atoms with van der Waals surface area (Å²) >= 11 is 3.71. The number of benzene rings is 16. The van der Waals surface area contributed by atoms with E-state index in [1.54, 1.807) is 0 Å². The summed E-state index contributed by atoms with van der Waals surface area (Å²) in [6.45, 7) is 0. The van der Waals surface area contributed by atoms with Crippen LogP contribution in [0.3, 0.4) is 0 Å². The predicted molar refractivity (Wildman–Crippen MR) is 467 cm³/mol. The first kappa shape index (κ1) is 60.5. The van der Waals surface area contributed by atoms with Crippen molar-refractivity contribution in [3.63, 3.8) is 0 Å². The number of nitrogens with zero attached hydrogens (tertiary/aromatic N) is 8. The highest BCUT2D eigenvalue weighted by atomic mass is 32.1. The van der Waals surface area contributed by atoms with Crippen LogP contribution >= 0.6 is 22.7 Å². The number of furan rings is 2. The number of thiophene rings is 2. The normalized spacial score (nSPS) is 12.5. The van der Waals surface area contributed by atoms with Crippen LogP contribution in [0.25, 0.3) is 250 Å². The SMILES string of the molecule is c1ccc(-n2c3ccccc3c3nc(-n4c5ccccc5c5c6cc(-c7cccc8c7oc7cccc(-c9nc(-c%10cccc%11oc%12ccccc%12c%10%11)c%10c%11cc(-n%12c%13ccccc%13c%13c%14ccccc%14c%14c%15ccccc%15sc%14c%13%12)ccc%11n(-c%11ccccc%11)c%10n9)c78)ccc6c6c7ccccc7sc6c54)ncc32)cc1. The molecular formula is C100H54N8O2S2. The van der Waals surface area contributed by atoms with Crippen LogP contribution in [0, 0.1) is 0 Å². The van der Waals surface area contributed by atoms with Crippen LogP contribution in [0.2, 0.25) is 0 Å². The van der Waals surface area contributed by atoms with Crippen molar-refractivity contribution >= 4 is 216 Å². The van der Waals surface area contributed by atoms with Gasteiger partial charge in [-0.05, 0) is 124 Å². The molecule has 0 bridgehead atoms. The standard InChI is InChI=1S/C100H54N8O2S2/c1-3-24-56(25-4-1)105-76-42-17-11-32-65(76)91-78(105)54-101-100(103-91)108-75-41-16-10-31-64(75)87-72-52-55(48-50-62(72)89-68-35-14-20-47-83(68)112-97(89)94(87)108)59-36-21-38-70-85-71(39-23-45-81(85)110-95(59)70)98-102-92(69-37-22-44-80-84(69)66-33-12-18-43-79(66)109-80)90-73-53-58(49-51-77(73)107(99(90)104-98)57-26-5-2-6-27-57)106-74-40-15-9-30-63(74)86-60-28-7-8-29-61(60)88-67-34-13-19-46-82(67)111-96(88)93(86)106/h1-54H. The first-order chi connectivity index (χ1) is 55.6. The fourth-order valence-corrected chi connectivity index (χ4v) is 21.6. The lowest BCUT2D eigenvalue weighted by atomic mass is 9.94. The van der Waals surface area contributed by atoms with Gasteiger partial charge in [0.1, 0.15) is 33.5 Å². The maximum atomic E-state index is 7.36. The highest BCUT2D eigenvalue weighted by Gasteiger charge is 2.30. The molecular weight excluding hydrogens is 1410 g/mol. The summed E-state index contributed by atoms with van der Waals surface area (Å²) in [5, 5.41) is 21.4. The molecule has 0 spiro atoms. The molecule has 0 aliphatic heterocycles. The number of fused-ring (bicyclic) bond motifs is 32. The molecule has 0 aliphatic carbocycles. The highest BCUT2D eigenvalue weighted by molar-refractivity contribution is 7.27. The van der Waals surface area contributed by atoms with Gasteiger partial charge in [0, 0.05) is 119 Å². The van der Waals surface area contributed by atoms with Gasteiger partial charge >= 0.3 is 0 Å². The Labute approximate surface area is 643 Å². The third kappa shape index (κ3) is 8.14. The minimum atomic E-state index is 0.564. The lowest BCUT2D eigenvalue weighted by Crippen LogP contribution is -2.02. The van der Waals surface area contributed by atoms with E-state index in [4.69, 9.17) is 28.8 Å². The maximum absolute atomic E-state index is 7.36. The largest absolute Gasteiger partial charge is 0.456 e. The number of rotatable bonds is 7. The second-order valence-corrected chi connectivity index (χ2v) is 31.5. The summed E-state index contributed by atoms with van der Waals surface area (Å²) in [7, 11) is 0. The number of hydrogen-bond donors (Lipinski definition) is 0. The molecule has 0 saturated heterocycles. The van der Waals surface area contributed by atoms with E-state index in [1.165, 1.54) is 72.8 Å². The van der Waals surface area contributed by atoms with Gasteiger partial charge in [-0.25, -0.2) is 19.9 Å². The van der Waals surface area contributed by atoms with Crippen LogP contribution in [0.4, 0.5) is 0 Å². The minimum absolute atomic E-state index is 0.564. The molecule has 10 nitrogen and oxygen atoms in total. The number of aromatic nitrogens is 8. The van der Waals surface area contributed by atoms with Gasteiger partial charge in [0.05, 0.1) is 65.3 Å². The van der Waals surface area contributed by atoms with Gasteiger partial charge in [-0.3, -0.25) is 9.13 Å². The van der Waals surface area contributed by atoms with Crippen molar-refractivity contribution in [1.82, 2.24) is 38.2 Å². The van der Waals surface area contributed by atoms with Gasteiger partial charge < -0.3 is 18.0 Å². The average molecular weight is 1460 g/mol. The quantitative estimate of drug-likeness (QED) is 0.158. The van der Waals surface area contributed by atoms with Gasteiger partial charge in [0.15, 0.2) is 5.82 Å². The second-order valence-electron chi connectivity index (χ2n) is 29.4. The molecule has 0 aliphatic rings. The van der Waals surface area contributed by atoms with Crippen molar-refractivity contribution in [2.75, 3.05) is 0 Å². The van der Waals surface area contributed by atoms with E-state index in [0.717, 1.165) is 165 Å². The molecule has 0 amide bonds. The third-order valence-corrected chi connectivity index (χ3v) is 26.0. The number of hydrogen-bond acceptors (Lipinski definition) is 8. The topological polar surface area (TPSA) is 97.6 Å². The van der Waals surface area contributed by atoms with E-state index < -0.39 is 0 Å². The van der Waals surface area contributed by atoms with E-state index in [9.17, 15) is 0 Å². The summed E-state index contributed by atoms with van der Waals surface area (Å²) in [4.78, 5) is 22.9. The van der Waals surface area contributed by atoms with Crippen LogP contribution < -0.4 is 0 Å². The Morgan fingerprint density at radius 1 is 0.277 bits per heavy atom. The van der Waals surface area contributed by atoms with E-state index in [-0.39, 0.29) is 0 Å². The Bertz CT molecular complexity index is 8670. The lowest BCUT2D eigenvalue weighted by Gasteiger charge is -2.12. The van der Waals surface area contributed by atoms with Crippen LogP contribution in [0.5, 0.6) is 0 Å². The van der Waals surface area contributed by atoms with Crippen LogP contribution in [-0.2, 0) is 0 Å². The summed E-state index contributed by atoms with van der Waals surface area (Å²) in [6.07, 6.45) is 2.01. The van der Waals surface area contributed by atoms with E-state index in [2.05, 4.69) is 334 Å². The summed E-state index contributed by atoms with van der Waals surface area (Å²) in [6, 6.07) is 116. The Morgan fingerprint density at radius 2 is 0.795 bits per heavy atom. The molecule has 10 heterocycles. The van der Waals surface area contributed by atoms with Crippen molar-refractivity contribution in [2.24, 2.45) is 0 Å². The fraction of sp³-hybridized carbons (Fsp3) is 0. The van der Waals surface area contributed by atoms with Crippen molar-refractivity contribution in [3.8, 4) is 56.8 Å². The molecule has 26 aromatic rings. The van der Waals surface area contributed by atoms with Crippen molar-refractivity contribution in [2.45, 2.75) is 0 Å². The molecule has 12 heteroatoms. The second kappa shape index (κ2) is 22.5. The summed E-state index contributed by atoms with van der Waals surface area (Å²) in [5.41, 5.74) is 19.9. The van der Waals surface area contributed by atoms with Crippen molar-refractivity contribution in [3.05, 3.63) is 328 Å². The summed E-state index contributed by atoms with van der Waals surface area (Å²) < 4.78 is 28.5. The Hall–Kier alpha value is -14.6. The van der Waals surface area contributed by atoms with Crippen LogP contribution in [0.15, 0.2) is 337 Å². The van der Waals surface area contributed by atoms with Crippen molar-refractivity contribution < 1.29 is 8.83 Å². The molecule has 0 atom stereocenters. The Kier molecular flexibility index (Phi) is 12.2. The molecule has 10 aromatic heterocycles. The molecule has 518 valence electrons. The van der Waals surface area contributed by atoms with Crippen molar-refractivity contribution in [1.29, 1.82) is 0 Å². The molecule has 26 rings (SSSR count). The minimum Gasteiger partial charge on any atom is -0.456 e. The van der Waals surface area contributed by atoms with Crippen LogP contribution in [-0.4, -0.2) is 38.2 Å². The maximum Gasteiger partial charge on any atom is 0.235 e. The van der Waals surface area contributed by atoms with Gasteiger partial charge in [0.2, 0.25) is 5.95 Å². The Morgan fingerprint density at radius 3 is 1.52 bits per heavy atom. The molecule has 0 N–H and O–H groups in total. The van der Waals surface area contributed by atoms with E-state index >= 15 is 0 Å². The summed E-state index contributed by atoms with van der Waals surface area (Å²) in [5.74, 6) is 1.18. The molecule has 0 saturated carbocycles. The smallest absolute Gasteiger partial charge is 0.235 e. The molecule has 112 heavy (non-hydrogen) atoms. The zero-order chi connectivity index (χ0) is 72.7. The third-order valence-electron chi connectivity index (χ3n) is 23.6. The fourth-order valence-electron chi connectivity index (χ4n) is 19.1. The first-order valence-corrected chi connectivity index (χ1v) is 39.4.